The number of nitrogens with one attached hydrogen (secondary N) is 1. The number of rotatable bonds is 4. The van der Waals surface area contributed by atoms with E-state index in [0.717, 1.165) is 12.8 Å². The Morgan fingerprint density at radius 3 is 2.61 bits per heavy atom. The Bertz CT molecular complexity index is 343. The first-order valence-corrected chi connectivity index (χ1v) is 6.99. The Morgan fingerprint density at radius 1 is 1.39 bits per heavy atom. The molecule has 0 aromatic rings. The van der Waals surface area contributed by atoms with Gasteiger partial charge in [-0.2, -0.15) is 0 Å². The number of hydrogen-bond donors (Lipinski definition) is 2. The van der Waals surface area contributed by atoms with Crippen molar-refractivity contribution in [2.45, 2.75) is 46.1 Å². The second-order valence-electron chi connectivity index (χ2n) is 7.05. The molecule has 0 radical (unpaired) electrons. The zero-order valence-electron chi connectivity index (χ0n) is 11.6. The van der Waals surface area contributed by atoms with Crippen LogP contribution in [0, 0.1) is 23.2 Å². The molecule has 2 N–H and O–H groups in total. The highest BCUT2D eigenvalue weighted by Gasteiger charge is 2.39. The van der Waals surface area contributed by atoms with Gasteiger partial charge < -0.3 is 10.4 Å². The second kappa shape index (κ2) is 5.04. The topological polar surface area (TPSA) is 49.3 Å². The maximum Gasteiger partial charge on any atom is 0.223 e. The first-order valence-electron chi connectivity index (χ1n) is 6.99. The molecule has 1 fully saturated rings. The molecular formula is C15H25NO2. The molecule has 2 aliphatic rings. The van der Waals surface area contributed by atoms with Crippen molar-refractivity contribution in [1.29, 1.82) is 0 Å². The van der Waals surface area contributed by atoms with E-state index in [1.807, 2.05) is 0 Å². The molecule has 1 saturated carbocycles. The predicted octanol–water partition coefficient (Wildman–Crippen LogP) is 2.11. The first-order chi connectivity index (χ1) is 8.35. The first kappa shape index (κ1) is 13.6. The number of amides is 1. The van der Waals surface area contributed by atoms with E-state index < -0.39 is 6.10 Å². The van der Waals surface area contributed by atoms with Crippen LogP contribution in [0.4, 0.5) is 0 Å². The van der Waals surface area contributed by atoms with Crippen LogP contribution in [0.2, 0.25) is 0 Å². The molecule has 0 aromatic heterocycles. The molecule has 0 aliphatic heterocycles. The van der Waals surface area contributed by atoms with Crippen LogP contribution in [-0.4, -0.2) is 23.7 Å². The largest absolute Gasteiger partial charge is 0.391 e. The van der Waals surface area contributed by atoms with E-state index in [4.69, 9.17) is 0 Å². The maximum absolute atomic E-state index is 12.0. The fraction of sp³-hybridized carbons (Fsp3) is 0.800. The van der Waals surface area contributed by atoms with Gasteiger partial charge in [-0.15, -0.1) is 0 Å². The lowest BCUT2D eigenvalue weighted by atomic mass is 9.89. The van der Waals surface area contributed by atoms with Crippen molar-refractivity contribution >= 4 is 5.91 Å². The van der Waals surface area contributed by atoms with Crippen LogP contribution in [0.15, 0.2) is 12.2 Å². The normalized spacial score (nSPS) is 31.7. The summed E-state index contributed by atoms with van der Waals surface area (Å²) in [6.45, 7) is 6.67. The summed E-state index contributed by atoms with van der Waals surface area (Å²) in [5.41, 5.74) is 0.0965. The van der Waals surface area contributed by atoms with Crippen LogP contribution in [-0.2, 0) is 4.79 Å². The summed E-state index contributed by atoms with van der Waals surface area (Å²) in [5, 5.41) is 12.8. The number of allylic oxidation sites excluding steroid dienone is 2. The molecule has 18 heavy (non-hydrogen) atoms. The Balaban J connectivity index is 1.74. The number of fused-ring (bicyclic) bond motifs is 2. The summed E-state index contributed by atoms with van der Waals surface area (Å²) in [4.78, 5) is 12.0. The average molecular weight is 251 g/mol. The molecule has 102 valence electrons. The van der Waals surface area contributed by atoms with Crippen LogP contribution in [0.1, 0.15) is 40.0 Å². The minimum atomic E-state index is -0.442. The number of aliphatic hydroxyl groups is 1. The van der Waals surface area contributed by atoms with E-state index in [9.17, 15) is 9.90 Å². The molecular weight excluding hydrogens is 226 g/mol. The number of aliphatic hydroxyl groups excluding tert-OH is 1. The number of hydrogen-bond acceptors (Lipinski definition) is 2. The van der Waals surface area contributed by atoms with Crippen molar-refractivity contribution in [2.75, 3.05) is 6.54 Å². The van der Waals surface area contributed by atoms with Gasteiger partial charge in [-0.3, -0.25) is 4.79 Å². The van der Waals surface area contributed by atoms with Gasteiger partial charge >= 0.3 is 0 Å². The van der Waals surface area contributed by atoms with Gasteiger partial charge in [0, 0.05) is 12.5 Å². The lowest BCUT2D eigenvalue weighted by Crippen LogP contribution is -2.38. The highest BCUT2D eigenvalue weighted by molar-refractivity contribution is 5.80. The summed E-state index contributed by atoms with van der Waals surface area (Å²) in [6.07, 6.45) is 6.82. The smallest absolute Gasteiger partial charge is 0.223 e. The zero-order valence-corrected chi connectivity index (χ0v) is 11.6. The Morgan fingerprint density at radius 2 is 2.11 bits per heavy atom. The van der Waals surface area contributed by atoms with Crippen LogP contribution in [0.3, 0.4) is 0 Å². The lowest BCUT2D eigenvalue weighted by Gasteiger charge is -2.24. The second-order valence-corrected chi connectivity index (χ2v) is 7.05. The predicted molar refractivity (Wildman–Crippen MR) is 71.9 cm³/mol. The molecule has 2 aliphatic carbocycles. The van der Waals surface area contributed by atoms with E-state index in [-0.39, 0.29) is 17.2 Å². The molecule has 4 unspecified atom stereocenters. The van der Waals surface area contributed by atoms with Gasteiger partial charge in [-0.25, -0.2) is 0 Å². The highest BCUT2D eigenvalue weighted by Crippen LogP contribution is 2.43. The van der Waals surface area contributed by atoms with Gasteiger partial charge in [-0.1, -0.05) is 32.9 Å². The molecule has 0 saturated heterocycles. The minimum Gasteiger partial charge on any atom is -0.391 e. The lowest BCUT2D eigenvalue weighted by molar-refractivity contribution is -0.126. The zero-order chi connectivity index (χ0) is 13.3. The molecule has 4 atom stereocenters. The quantitative estimate of drug-likeness (QED) is 0.752. The van der Waals surface area contributed by atoms with E-state index in [1.165, 1.54) is 0 Å². The molecule has 3 nitrogen and oxygen atoms in total. The van der Waals surface area contributed by atoms with Gasteiger partial charge in [0.05, 0.1) is 6.10 Å². The van der Waals surface area contributed by atoms with Crippen LogP contribution in [0.25, 0.3) is 0 Å². The third-order valence-corrected chi connectivity index (χ3v) is 3.98. The summed E-state index contributed by atoms with van der Waals surface area (Å²) in [6, 6.07) is 0. The fourth-order valence-corrected chi connectivity index (χ4v) is 3.21. The SMILES string of the molecule is CC(C)(C)CC(O)CNC(=O)C1CC2C=CC1C2. The van der Waals surface area contributed by atoms with Crippen molar-refractivity contribution in [3.63, 3.8) is 0 Å². The van der Waals surface area contributed by atoms with Gasteiger partial charge in [-0.05, 0) is 36.5 Å². The standard InChI is InChI=1S/C15H25NO2/c1-15(2,3)8-12(17)9-16-14(18)13-7-10-4-5-11(13)6-10/h4-5,10-13,17H,6-9H2,1-3H3,(H,16,18). The summed E-state index contributed by atoms with van der Waals surface area (Å²) >= 11 is 0. The van der Waals surface area contributed by atoms with Gasteiger partial charge in [0.1, 0.15) is 0 Å². The molecule has 0 aromatic carbocycles. The average Bonchev–Trinajstić information content (AvgIpc) is 2.84. The van der Waals surface area contributed by atoms with Crippen LogP contribution in [0.5, 0.6) is 0 Å². The van der Waals surface area contributed by atoms with Gasteiger partial charge in [0.2, 0.25) is 5.91 Å². The van der Waals surface area contributed by atoms with Gasteiger partial charge in [0.15, 0.2) is 0 Å². The summed E-state index contributed by atoms with van der Waals surface area (Å²) < 4.78 is 0. The van der Waals surface area contributed by atoms with E-state index >= 15 is 0 Å². The van der Waals surface area contributed by atoms with E-state index in [0.29, 0.717) is 24.8 Å². The van der Waals surface area contributed by atoms with Crippen molar-refractivity contribution < 1.29 is 9.90 Å². The molecule has 0 spiro atoms. The van der Waals surface area contributed by atoms with Crippen molar-refractivity contribution in [3.05, 3.63) is 12.2 Å². The van der Waals surface area contributed by atoms with Crippen LogP contribution < -0.4 is 5.32 Å². The summed E-state index contributed by atoms with van der Waals surface area (Å²) in [5.74, 6) is 1.32. The molecule has 2 rings (SSSR count). The highest BCUT2D eigenvalue weighted by atomic mass is 16.3. The Hall–Kier alpha value is -0.830. The van der Waals surface area contributed by atoms with Crippen molar-refractivity contribution in [2.24, 2.45) is 23.2 Å². The molecule has 2 bridgehead atoms. The summed E-state index contributed by atoms with van der Waals surface area (Å²) in [7, 11) is 0. The van der Waals surface area contributed by atoms with E-state index in [1.54, 1.807) is 0 Å². The molecule has 3 heteroatoms. The Labute approximate surface area is 110 Å². The Kier molecular flexibility index (Phi) is 3.81. The number of carbonyl (C=O) groups excluding carboxylic acids is 1. The third-order valence-electron chi connectivity index (χ3n) is 3.98. The number of carbonyl (C=O) groups is 1. The monoisotopic (exact) mass is 251 g/mol. The fourth-order valence-electron chi connectivity index (χ4n) is 3.21. The third kappa shape index (κ3) is 3.35. The van der Waals surface area contributed by atoms with Crippen LogP contribution >= 0.6 is 0 Å². The minimum absolute atomic E-state index is 0.0965. The maximum atomic E-state index is 12.0. The molecule has 1 amide bonds. The van der Waals surface area contributed by atoms with Crippen molar-refractivity contribution in [1.82, 2.24) is 5.32 Å². The van der Waals surface area contributed by atoms with Gasteiger partial charge in [0.25, 0.3) is 0 Å². The molecule has 0 heterocycles. The van der Waals surface area contributed by atoms with E-state index in [2.05, 4.69) is 38.2 Å². The van der Waals surface area contributed by atoms with Crippen molar-refractivity contribution in [3.8, 4) is 0 Å².